The monoisotopic (exact) mass is 476 g/mol. The minimum atomic E-state index is -3.95. The second-order valence-electron chi connectivity index (χ2n) is 8.85. The molecule has 0 spiro atoms. The number of rotatable bonds is 4. The van der Waals surface area contributed by atoms with Gasteiger partial charge in [-0.05, 0) is 32.4 Å². The molecule has 0 radical (unpaired) electrons. The van der Waals surface area contributed by atoms with E-state index in [1.165, 1.54) is 17.2 Å². The predicted octanol–water partition coefficient (Wildman–Crippen LogP) is 0.0594. The zero-order chi connectivity index (χ0) is 24.0. The van der Waals surface area contributed by atoms with Crippen molar-refractivity contribution in [2.24, 2.45) is 0 Å². The minimum absolute atomic E-state index is 0.0476. The van der Waals surface area contributed by atoms with Crippen molar-refractivity contribution in [3.8, 4) is 0 Å². The van der Waals surface area contributed by atoms with Crippen LogP contribution in [0.15, 0.2) is 29.3 Å². The Balaban J connectivity index is 1.66. The van der Waals surface area contributed by atoms with E-state index in [0.717, 1.165) is 0 Å². The van der Waals surface area contributed by atoms with Crippen molar-refractivity contribution in [3.63, 3.8) is 0 Å². The van der Waals surface area contributed by atoms with E-state index in [4.69, 9.17) is 4.74 Å². The van der Waals surface area contributed by atoms with Crippen LogP contribution < -0.4 is 15.5 Å². The summed E-state index contributed by atoms with van der Waals surface area (Å²) in [7, 11) is -3.95. The van der Waals surface area contributed by atoms with Crippen molar-refractivity contribution in [2.75, 3.05) is 10.7 Å². The Kier molecular flexibility index (Phi) is 5.60. The molecule has 4 rings (SSSR count). The van der Waals surface area contributed by atoms with Gasteiger partial charge in [0.05, 0.1) is 29.1 Å². The summed E-state index contributed by atoms with van der Waals surface area (Å²) in [5.74, 6) is -1.83. The Bertz CT molecular complexity index is 1200. The Morgan fingerprint density at radius 1 is 1.30 bits per heavy atom. The molecule has 2 atom stereocenters. The number of nitrogens with one attached hydrogen (secondary N) is 3. The average molecular weight is 477 g/mol. The first-order chi connectivity index (χ1) is 15.5. The number of hydrogen-bond acceptors (Lipinski definition) is 8. The third-order valence-electron chi connectivity index (χ3n) is 5.21. The van der Waals surface area contributed by atoms with Crippen molar-refractivity contribution in [1.82, 2.24) is 26.0 Å². The zero-order valence-corrected chi connectivity index (χ0v) is 19.1. The van der Waals surface area contributed by atoms with Gasteiger partial charge in [0.15, 0.2) is 9.84 Å². The summed E-state index contributed by atoms with van der Waals surface area (Å²) >= 11 is 0. The highest BCUT2D eigenvalue weighted by Gasteiger charge is 2.48. The lowest BCUT2D eigenvalue weighted by Crippen LogP contribution is -2.56. The van der Waals surface area contributed by atoms with Crippen molar-refractivity contribution in [3.05, 3.63) is 35.7 Å². The highest BCUT2D eigenvalue weighted by atomic mass is 32.2. The minimum Gasteiger partial charge on any atom is -0.444 e. The number of H-pyrrole nitrogens is 1. The van der Waals surface area contributed by atoms with E-state index in [9.17, 15) is 22.8 Å². The molecule has 1 aromatic carbocycles. The van der Waals surface area contributed by atoms with Crippen LogP contribution in [0.1, 0.15) is 32.0 Å². The SMILES string of the molecule is CC(C)(C)OC(=O)N[C@H]1CS(=O)(=O)c2cccc3c2N(C1=O)[C@H](C(=O)NCc1cn[nH]n1)C3. The Labute approximate surface area is 190 Å². The second kappa shape index (κ2) is 8.14. The van der Waals surface area contributed by atoms with E-state index < -0.39 is 51.2 Å². The van der Waals surface area contributed by atoms with Gasteiger partial charge in [-0.2, -0.15) is 15.4 Å². The number of ether oxygens (including phenoxy) is 1. The molecule has 3 heterocycles. The molecule has 1 aromatic heterocycles. The Hall–Kier alpha value is -3.48. The molecule has 33 heavy (non-hydrogen) atoms. The Morgan fingerprint density at radius 2 is 2.06 bits per heavy atom. The van der Waals surface area contributed by atoms with Gasteiger partial charge in [0, 0.05) is 6.42 Å². The van der Waals surface area contributed by atoms with Gasteiger partial charge in [0.25, 0.3) is 5.91 Å². The molecule has 0 fully saturated rings. The number of aromatic nitrogens is 3. The van der Waals surface area contributed by atoms with Crippen LogP contribution >= 0.6 is 0 Å². The number of para-hydroxylation sites is 1. The number of anilines is 1. The molecule has 2 aliphatic heterocycles. The molecule has 176 valence electrons. The van der Waals surface area contributed by atoms with E-state index in [0.29, 0.717) is 11.3 Å². The third-order valence-corrected chi connectivity index (χ3v) is 6.98. The highest BCUT2D eigenvalue weighted by Crippen LogP contribution is 2.41. The number of amides is 3. The van der Waals surface area contributed by atoms with Crippen molar-refractivity contribution >= 4 is 33.4 Å². The number of sulfone groups is 1. The predicted molar refractivity (Wildman–Crippen MR) is 115 cm³/mol. The van der Waals surface area contributed by atoms with Crippen LogP contribution in [-0.4, -0.2) is 65.2 Å². The zero-order valence-electron chi connectivity index (χ0n) is 18.3. The van der Waals surface area contributed by atoms with Crippen LogP contribution in [0.5, 0.6) is 0 Å². The summed E-state index contributed by atoms with van der Waals surface area (Å²) in [6, 6.07) is 2.25. The molecule has 0 unspecified atom stereocenters. The third kappa shape index (κ3) is 4.53. The maximum absolute atomic E-state index is 13.5. The molecule has 2 aromatic rings. The Morgan fingerprint density at radius 3 is 2.73 bits per heavy atom. The molecule has 2 aliphatic rings. The summed E-state index contributed by atoms with van der Waals surface area (Å²) in [6.07, 6.45) is 0.661. The molecule has 3 amide bonds. The lowest BCUT2D eigenvalue weighted by Gasteiger charge is -2.28. The van der Waals surface area contributed by atoms with Crippen LogP contribution in [-0.2, 0) is 37.1 Å². The van der Waals surface area contributed by atoms with Gasteiger partial charge in [-0.3, -0.25) is 14.5 Å². The number of carbonyl (C=O) groups is 3. The van der Waals surface area contributed by atoms with Crippen LogP contribution in [0, 0.1) is 0 Å². The first-order valence-corrected chi connectivity index (χ1v) is 11.9. The standard InChI is InChI=1S/C20H24N6O6S/c1-20(2,3)32-19(29)23-13-10-33(30,31)15-6-4-5-11-7-14(26(16(11)15)18(13)28)17(27)21-8-12-9-22-25-24-12/h4-6,9,13-14H,7-8,10H2,1-3H3,(H,21,27)(H,23,29)(H,22,24,25)/t13-,14-/m0/s1. The largest absolute Gasteiger partial charge is 0.444 e. The van der Waals surface area contributed by atoms with Gasteiger partial charge in [-0.25, -0.2) is 13.2 Å². The van der Waals surface area contributed by atoms with Crippen LogP contribution in [0.2, 0.25) is 0 Å². The molecule has 0 saturated heterocycles. The molecule has 0 aliphatic carbocycles. The van der Waals surface area contributed by atoms with Crippen molar-refractivity contribution in [1.29, 1.82) is 0 Å². The van der Waals surface area contributed by atoms with Gasteiger partial charge in [0.2, 0.25) is 5.91 Å². The fourth-order valence-corrected chi connectivity index (χ4v) is 5.55. The van der Waals surface area contributed by atoms with Gasteiger partial charge in [0.1, 0.15) is 23.4 Å². The lowest BCUT2D eigenvalue weighted by atomic mass is 10.1. The fraction of sp³-hybridized carbons (Fsp3) is 0.450. The van der Waals surface area contributed by atoms with Gasteiger partial charge in [-0.15, -0.1) is 0 Å². The summed E-state index contributed by atoms with van der Waals surface area (Å²) < 4.78 is 31.4. The number of benzene rings is 1. The number of nitrogens with zero attached hydrogens (tertiary/aromatic N) is 3. The quantitative estimate of drug-likeness (QED) is 0.558. The second-order valence-corrected chi connectivity index (χ2v) is 10.9. The van der Waals surface area contributed by atoms with Crippen LogP contribution in [0.25, 0.3) is 0 Å². The van der Waals surface area contributed by atoms with E-state index in [2.05, 4.69) is 26.0 Å². The molecule has 13 heteroatoms. The average Bonchev–Trinajstić information content (AvgIpc) is 3.34. The first kappa shape index (κ1) is 22.7. The number of carbonyl (C=O) groups excluding carboxylic acids is 3. The van der Waals surface area contributed by atoms with E-state index in [1.807, 2.05) is 0 Å². The van der Waals surface area contributed by atoms with E-state index in [-0.39, 0.29) is 23.5 Å². The first-order valence-electron chi connectivity index (χ1n) is 10.3. The van der Waals surface area contributed by atoms with Crippen LogP contribution in [0.4, 0.5) is 10.5 Å². The number of hydrogen-bond donors (Lipinski definition) is 3. The molecular weight excluding hydrogens is 452 g/mol. The van der Waals surface area contributed by atoms with Crippen molar-refractivity contribution < 1.29 is 27.5 Å². The normalized spacial score (nSPS) is 21.2. The maximum Gasteiger partial charge on any atom is 0.408 e. The molecule has 0 saturated carbocycles. The topological polar surface area (TPSA) is 163 Å². The van der Waals surface area contributed by atoms with Gasteiger partial charge in [-0.1, -0.05) is 12.1 Å². The highest BCUT2D eigenvalue weighted by molar-refractivity contribution is 7.91. The van der Waals surface area contributed by atoms with Crippen LogP contribution in [0.3, 0.4) is 0 Å². The summed E-state index contributed by atoms with van der Waals surface area (Å²) in [5, 5.41) is 15.1. The smallest absolute Gasteiger partial charge is 0.408 e. The molecular formula is C20H24N6O6S. The lowest BCUT2D eigenvalue weighted by molar-refractivity contribution is -0.126. The molecule has 3 N–H and O–H groups in total. The summed E-state index contributed by atoms with van der Waals surface area (Å²) in [6.45, 7) is 5.02. The van der Waals surface area contributed by atoms with Gasteiger partial charge >= 0.3 is 6.09 Å². The fourth-order valence-electron chi connectivity index (χ4n) is 3.89. The molecule has 0 bridgehead atoms. The summed E-state index contributed by atoms with van der Waals surface area (Å²) in [4.78, 5) is 40.0. The van der Waals surface area contributed by atoms with E-state index in [1.54, 1.807) is 32.9 Å². The molecule has 12 nitrogen and oxygen atoms in total. The summed E-state index contributed by atoms with van der Waals surface area (Å²) in [5.41, 5.74) is 0.389. The maximum atomic E-state index is 13.5. The van der Waals surface area contributed by atoms with E-state index >= 15 is 0 Å². The number of aromatic amines is 1. The van der Waals surface area contributed by atoms with Gasteiger partial charge < -0.3 is 15.4 Å². The number of alkyl carbamates (subject to hydrolysis) is 1. The van der Waals surface area contributed by atoms with Crippen molar-refractivity contribution in [2.45, 2.75) is 56.3 Å².